The summed E-state index contributed by atoms with van der Waals surface area (Å²) in [5.74, 6) is -8.53. The van der Waals surface area contributed by atoms with E-state index in [-0.39, 0.29) is 10.9 Å². The van der Waals surface area contributed by atoms with Crippen LogP contribution in [0.25, 0.3) is 0 Å². The molecule has 0 radical (unpaired) electrons. The average molecular weight is 489 g/mol. The van der Waals surface area contributed by atoms with Gasteiger partial charge in [0.1, 0.15) is 11.8 Å². The van der Waals surface area contributed by atoms with E-state index < -0.39 is 64.6 Å². The van der Waals surface area contributed by atoms with E-state index in [1.807, 2.05) is 0 Å². The maximum Gasteiger partial charge on any atom is 0.417 e. The molecule has 0 bridgehead atoms. The predicted octanol–water partition coefficient (Wildman–Crippen LogP) is 2.68. The Balaban J connectivity index is 2.18. The van der Waals surface area contributed by atoms with Crippen molar-refractivity contribution in [2.45, 2.75) is 37.6 Å². The van der Waals surface area contributed by atoms with Crippen molar-refractivity contribution in [2.24, 2.45) is 16.6 Å². The molecule has 8 nitrogen and oxygen atoms in total. The maximum absolute atomic E-state index is 14.4. The van der Waals surface area contributed by atoms with Gasteiger partial charge in [-0.2, -0.15) is 22.3 Å². The quantitative estimate of drug-likeness (QED) is 0.506. The topological polar surface area (TPSA) is 116 Å². The summed E-state index contributed by atoms with van der Waals surface area (Å²) in [6, 6.07) is 3.76. The molecule has 2 heterocycles. The molecule has 34 heavy (non-hydrogen) atoms. The van der Waals surface area contributed by atoms with Crippen LogP contribution in [0.5, 0.6) is 5.75 Å². The number of hydrogen-bond donors (Lipinski definition) is 2. The monoisotopic (exact) mass is 489 g/mol. The van der Waals surface area contributed by atoms with E-state index in [9.17, 15) is 36.7 Å². The lowest BCUT2D eigenvalue weighted by atomic mass is 9.77. The van der Waals surface area contributed by atoms with Gasteiger partial charge >= 0.3 is 6.18 Å². The summed E-state index contributed by atoms with van der Waals surface area (Å²) in [6.45, 7) is 1.90. The molecular weight excluding hydrogens is 469 g/mol. The molecule has 184 valence electrons. The van der Waals surface area contributed by atoms with Crippen LogP contribution in [0.4, 0.5) is 22.0 Å². The number of carbonyl (C=O) groups is 2. The van der Waals surface area contributed by atoms with Gasteiger partial charge in [-0.05, 0) is 25.1 Å². The lowest BCUT2D eigenvalue weighted by Gasteiger charge is -2.32. The van der Waals surface area contributed by atoms with Crippen LogP contribution in [-0.4, -0.2) is 46.7 Å². The number of halogens is 5. The van der Waals surface area contributed by atoms with Crippen molar-refractivity contribution in [3.8, 4) is 5.75 Å². The average Bonchev–Trinajstić information content (AvgIpc) is 3.03. The fourth-order valence-electron chi connectivity index (χ4n) is 3.95. The molecule has 4 atom stereocenters. The fraction of sp³-hybridized carbons (Fsp3) is 0.381. The number of alkyl halides is 3. The SMILES string of the molecule is COc1c([C@@H]2[C@@H](C(=O)N=c3ccn(O)c(C(N)=O)c3)OC(C)(C(F)(F)F)[C@@H]2C)ccc(F)c1F. The minimum absolute atomic E-state index is 0.211. The molecule has 1 aromatic carbocycles. The second kappa shape index (κ2) is 8.70. The van der Waals surface area contributed by atoms with E-state index in [2.05, 4.69) is 4.99 Å². The van der Waals surface area contributed by atoms with E-state index in [0.717, 1.165) is 45.4 Å². The van der Waals surface area contributed by atoms with Gasteiger partial charge in [-0.15, -0.1) is 0 Å². The fourth-order valence-corrected chi connectivity index (χ4v) is 3.95. The maximum atomic E-state index is 14.4. The second-order valence-corrected chi connectivity index (χ2v) is 7.87. The first-order valence-electron chi connectivity index (χ1n) is 9.79. The van der Waals surface area contributed by atoms with Crippen LogP contribution in [0, 0.1) is 17.6 Å². The Kier molecular flexibility index (Phi) is 6.44. The summed E-state index contributed by atoms with van der Waals surface area (Å²) >= 11 is 0. The number of rotatable bonds is 4. The number of carbonyl (C=O) groups excluding carboxylic acids is 2. The first kappa shape index (κ1) is 25.1. The molecular formula is C21H20F5N3O5. The van der Waals surface area contributed by atoms with Crippen LogP contribution in [-0.2, 0) is 9.53 Å². The number of ether oxygens (including phenoxy) is 2. The molecule has 0 aliphatic carbocycles. The minimum atomic E-state index is -4.93. The van der Waals surface area contributed by atoms with Crippen molar-refractivity contribution in [3.63, 3.8) is 0 Å². The molecule has 1 saturated heterocycles. The van der Waals surface area contributed by atoms with E-state index in [1.165, 1.54) is 0 Å². The van der Waals surface area contributed by atoms with Crippen LogP contribution in [0.15, 0.2) is 35.5 Å². The Hall–Kier alpha value is -3.48. The summed E-state index contributed by atoms with van der Waals surface area (Å²) in [6.07, 6.45) is -5.86. The van der Waals surface area contributed by atoms with Gasteiger partial charge in [-0.1, -0.05) is 13.0 Å². The zero-order chi connectivity index (χ0) is 25.6. The van der Waals surface area contributed by atoms with Gasteiger partial charge in [-0.25, -0.2) is 9.38 Å². The minimum Gasteiger partial charge on any atom is -0.493 e. The molecule has 1 aromatic heterocycles. The second-order valence-electron chi connectivity index (χ2n) is 7.87. The van der Waals surface area contributed by atoms with Crippen molar-refractivity contribution in [3.05, 3.63) is 58.7 Å². The van der Waals surface area contributed by atoms with E-state index in [1.54, 1.807) is 0 Å². The molecule has 3 N–H and O–H groups in total. The van der Waals surface area contributed by atoms with Crippen LogP contribution < -0.4 is 15.8 Å². The van der Waals surface area contributed by atoms with Crippen molar-refractivity contribution in [1.82, 2.24) is 4.73 Å². The highest BCUT2D eigenvalue weighted by atomic mass is 19.4. The normalized spacial score (nSPS) is 25.4. The van der Waals surface area contributed by atoms with Gasteiger partial charge in [0.2, 0.25) is 5.82 Å². The third-order valence-electron chi connectivity index (χ3n) is 5.97. The third kappa shape index (κ3) is 4.11. The molecule has 1 aliphatic rings. The lowest BCUT2D eigenvalue weighted by Crippen LogP contribution is -2.47. The highest BCUT2D eigenvalue weighted by Crippen LogP contribution is 2.55. The van der Waals surface area contributed by atoms with Crippen LogP contribution in [0.2, 0.25) is 0 Å². The summed E-state index contributed by atoms with van der Waals surface area (Å²) < 4.78 is 80.4. The largest absolute Gasteiger partial charge is 0.493 e. The first-order chi connectivity index (χ1) is 15.7. The van der Waals surface area contributed by atoms with Crippen molar-refractivity contribution in [2.75, 3.05) is 7.11 Å². The van der Waals surface area contributed by atoms with Crippen molar-refractivity contribution >= 4 is 11.8 Å². The Morgan fingerprint density at radius 3 is 2.47 bits per heavy atom. The van der Waals surface area contributed by atoms with Crippen LogP contribution in [0.1, 0.15) is 35.8 Å². The molecule has 2 amide bonds. The van der Waals surface area contributed by atoms with E-state index in [0.29, 0.717) is 10.8 Å². The molecule has 1 unspecified atom stereocenters. The zero-order valence-corrected chi connectivity index (χ0v) is 18.1. The van der Waals surface area contributed by atoms with Gasteiger partial charge in [0.05, 0.1) is 12.5 Å². The van der Waals surface area contributed by atoms with Gasteiger partial charge < -0.3 is 20.4 Å². The third-order valence-corrected chi connectivity index (χ3v) is 5.97. The molecule has 0 spiro atoms. The molecule has 3 rings (SSSR count). The summed E-state index contributed by atoms with van der Waals surface area (Å²) in [7, 11) is 1.01. The Labute approximate surface area is 189 Å². The Morgan fingerprint density at radius 2 is 1.91 bits per heavy atom. The summed E-state index contributed by atoms with van der Waals surface area (Å²) in [4.78, 5) is 28.1. The molecule has 1 aliphatic heterocycles. The first-order valence-corrected chi connectivity index (χ1v) is 9.79. The number of benzene rings is 1. The molecule has 2 aromatic rings. The number of methoxy groups -OCH3 is 1. The highest BCUT2D eigenvalue weighted by molar-refractivity contribution is 5.91. The van der Waals surface area contributed by atoms with Crippen molar-refractivity contribution in [1.29, 1.82) is 0 Å². The van der Waals surface area contributed by atoms with Gasteiger partial charge in [0.15, 0.2) is 17.2 Å². The lowest BCUT2D eigenvalue weighted by molar-refractivity contribution is -0.272. The van der Waals surface area contributed by atoms with Gasteiger partial charge in [0, 0.05) is 23.6 Å². The van der Waals surface area contributed by atoms with Gasteiger partial charge in [0.25, 0.3) is 11.8 Å². The predicted molar refractivity (Wildman–Crippen MR) is 105 cm³/mol. The highest BCUT2D eigenvalue weighted by Gasteiger charge is 2.65. The Bertz CT molecular complexity index is 1210. The van der Waals surface area contributed by atoms with Crippen molar-refractivity contribution < 1.29 is 46.2 Å². The molecule has 1 fully saturated rings. The summed E-state index contributed by atoms with van der Waals surface area (Å²) in [5, 5.41) is 9.39. The summed E-state index contributed by atoms with van der Waals surface area (Å²) in [5.41, 5.74) is 1.61. The number of aromatic nitrogens is 1. The molecule has 0 saturated carbocycles. The van der Waals surface area contributed by atoms with E-state index in [4.69, 9.17) is 15.2 Å². The zero-order valence-electron chi connectivity index (χ0n) is 18.1. The number of amides is 2. The number of primary amides is 1. The van der Waals surface area contributed by atoms with Crippen LogP contribution >= 0.6 is 0 Å². The number of pyridine rings is 1. The number of hydrogen-bond acceptors (Lipinski definition) is 5. The smallest absolute Gasteiger partial charge is 0.417 e. The standard InChI is InChI=1S/C21H20F5N3O5/c1-9-14(11-4-5-12(22)15(23)16(11)33-3)17(34-20(9,2)21(24,25)26)19(31)28-10-6-7-29(32)13(8-10)18(27)30/h4-9,14,17,32H,1-3H3,(H2,27,30)/t9-,14-,17+,20?/m1/s1. The van der Waals surface area contributed by atoms with Gasteiger partial charge in [-0.3, -0.25) is 9.59 Å². The molecule has 13 heteroatoms. The number of nitrogens with zero attached hydrogens (tertiary/aromatic N) is 2. The van der Waals surface area contributed by atoms with Crippen LogP contribution in [0.3, 0.4) is 0 Å². The van der Waals surface area contributed by atoms with E-state index >= 15 is 0 Å². The Morgan fingerprint density at radius 1 is 1.26 bits per heavy atom. The number of nitrogens with two attached hydrogens (primary N) is 1.